The molecule has 3 nitrogen and oxygen atoms in total. The third kappa shape index (κ3) is 2.45. The molecular weight excluding hydrogens is 200 g/mol. The Balaban J connectivity index is 3.09. The van der Waals surface area contributed by atoms with Crippen molar-refractivity contribution in [3.8, 4) is 0 Å². The van der Waals surface area contributed by atoms with E-state index in [-0.39, 0.29) is 5.91 Å². The molecule has 0 bridgehead atoms. The van der Waals surface area contributed by atoms with Crippen LogP contribution in [0.3, 0.4) is 0 Å². The summed E-state index contributed by atoms with van der Waals surface area (Å²) >= 11 is 5.80. The molecule has 0 saturated carbocycles. The number of aromatic nitrogens is 1. The summed E-state index contributed by atoms with van der Waals surface area (Å²) in [5.74, 6) is -0.0519. The molecule has 0 aliphatic rings. The lowest BCUT2D eigenvalue weighted by Gasteiger charge is -2.10. The Labute approximate surface area is 88.7 Å². The summed E-state index contributed by atoms with van der Waals surface area (Å²) in [5.41, 5.74) is 1.43. The summed E-state index contributed by atoms with van der Waals surface area (Å²) in [5, 5.41) is 0.370. The van der Waals surface area contributed by atoms with Gasteiger partial charge in [-0.05, 0) is 18.6 Å². The molecule has 1 heterocycles. The predicted molar refractivity (Wildman–Crippen MR) is 56.6 cm³/mol. The van der Waals surface area contributed by atoms with Crippen molar-refractivity contribution in [3.05, 3.63) is 28.5 Å². The maximum absolute atomic E-state index is 11.6. The van der Waals surface area contributed by atoms with E-state index in [4.69, 9.17) is 11.6 Å². The zero-order valence-electron chi connectivity index (χ0n) is 8.54. The minimum Gasteiger partial charge on any atom is -0.345 e. The molecule has 0 radical (unpaired) electrons. The van der Waals surface area contributed by atoms with Crippen LogP contribution in [0.1, 0.15) is 23.0 Å². The highest BCUT2D eigenvalue weighted by atomic mass is 35.5. The zero-order valence-corrected chi connectivity index (χ0v) is 9.30. The number of aryl methyl sites for hydroxylation is 1. The maximum atomic E-state index is 11.6. The first kappa shape index (κ1) is 11.0. The average molecular weight is 213 g/mol. The second-order valence-corrected chi connectivity index (χ2v) is 3.61. The van der Waals surface area contributed by atoms with E-state index in [0.29, 0.717) is 10.7 Å². The average Bonchev–Trinajstić information content (AvgIpc) is 2.15. The monoisotopic (exact) mass is 212 g/mol. The fraction of sp³-hybridized carbons (Fsp3) is 0.400. The van der Waals surface area contributed by atoms with Gasteiger partial charge in [0.05, 0.1) is 0 Å². The van der Waals surface area contributed by atoms with E-state index in [2.05, 4.69) is 4.98 Å². The van der Waals surface area contributed by atoms with Gasteiger partial charge in [-0.1, -0.05) is 18.5 Å². The van der Waals surface area contributed by atoms with Crippen molar-refractivity contribution in [2.24, 2.45) is 0 Å². The first-order valence-corrected chi connectivity index (χ1v) is 4.80. The van der Waals surface area contributed by atoms with E-state index >= 15 is 0 Å². The van der Waals surface area contributed by atoms with Gasteiger partial charge in [-0.2, -0.15) is 0 Å². The summed E-state index contributed by atoms with van der Waals surface area (Å²) in [7, 11) is 3.42. The fourth-order valence-corrected chi connectivity index (χ4v) is 1.34. The van der Waals surface area contributed by atoms with E-state index in [1.54, 1.807) is 26.2 Å². The molecule has 0 spiro atoms. The van der Waals surface area contributed by atoms with Crippen molar-refractivity contribution in [1.29, 1.82) is 0 Å². The van der Waals surface area contributed by atoms with E-state index in [0.717, 1.165) is 12.1 Å². The first-order valence-electron chi connectivity index (χ1n) is 4.42. The Kier molecular flexibility index (Phi) is 3.47. The second kappa shape index (κ2) is 4.42. The number of amides is 1. The third-order valence-corrected chi connectivity index (χ3v) is 2.06. The molecule has 0 atom stereocenters. The molecule has 0 aliphatic carbocycles. The van der Waals surface area contributed by atoms with Crippen LogP contribution in [0.15, 0.2) is 12.1 Å². The lowest BCUT2D eigenvalue weighted by atomic mass is 10.2. The lowest BCUT2D eigenvalue weighted by Crippen LogP contribution is -2.21. The van der Waals surface area contributed by atoms with Crippen LogP contribution in [0, 0.1) is 0 Å². The number of hydrogen-bond donors (Lipinski definition) is 0. The van der Waals surface area contributed by atoms with Crippen molar-refractivity contribution < 1.29 is 4.79 Å². The molecule has 1 rings (SSSR count). The van der Waals surface area contributed by atoms with Gasteiger partial charge in [-0.15, -0.1) is 0 Å². The predicted octanol–water partition coefficient (Wildman–Crippen LogP) is 2.00. The molecule has 1 aromatic heterocycles. The highest BCUT2D eigenvalue weighted by Crippen LogP contribution is 2.12. The molecule has 0 unspecified atom stereocenters. The Hall–Kier alpha value is -1.09. The van der Waals surface area contributed by atoms with Crippen molar-refractivity contribution in [2.45, 2.75) is 13.3 Å². The smallest absolute Gasteiger partial charge is 0.253 e. The summed E-state index contributed by atoms with van der Waals surface area (Å²) in [4.78, 5) is 17.2. The maximum Gasteiger partial charge on any atom is 0.253 e. The third-order valence-electron chi connectivity index (χ3n) is 1.86. The van der Waals surface area contributed by atoms with Crippen molar-refractivity contribution >= 4 is 17.5 Å². The Morgan fingerprint density at radius 3 is 2.64 bits per heavy atom. The Morgan fingerprint density at radius 2 is 2.14 bits per heavy atom. The number of nitrogens with zero attached hydrogens (tertiary/aromatic N) is 2. The van der Waals surface area contributed by atoms with Crippen molar-refractivity contribution in [2.75, 3.05) is 14.1 Å². The number of hydrogen-bond acceptors (Lipinski definition) is 2. The fourth-order valence-electron chi connectivity index (χ4n) is 1.11. The van der Waals surface area contributed by atoms with Crippen LogP contribution in [0.25, 0.3) is 0 Å². The number of pyridine rings is 1. The molecule has 1 amide bonds. The Morgan fingerprint density at radius 1 is 1.50 bits per heavy atom. The van der Waals surface area contributed by atoms with Gasteiger partial charge in [0.25, 0.3) is 5.91 Å². The van der Waals surface area contributed by atoms with Gasteiger partial charge >= 0.3 is 0 Å². The molecule has 0 aliphatic heterocycles. The van der Waals surface area contributed by atoms with Crippen LogP contribution in [0.5, 0.6) is 0 Å². The summed E-state index contributed by atoms with van der Waals surface area (Å²) in [6.45, 7) is 1.97. The van der Waals surface area contributed by atoms with Crippen LogP contribution in [0.4, 0.5) is 0 Å². The molecule has 0 N–H and O–H groups in total. The van der Waals surface area contributed by atoms with Gasteiger partial charge in [0, 0.05) is 25.4 Å². The molecule has 76 valence electrons. The highest BCUT2D eigenvalue weighted by Gasteiger charge is 2.10. The molecule has 0 aromatic carbocycles. The van der Waals surface area contributed by atoms with Gasteiger partial charge < -0.3 is 4.90 Å². The van der Waals surface area contributed by atoms with Crippen molar-refractivity contribution in [1.82, 2.24) is 9.88 Å². The summed E-state index contributed by atoms with van der Waals surface area (Å²) in [6.07, 6.45) is 0.772. The lowest BCUT2D eigenvalue weighted by molar-refractivity contribution is 0.0827. The van der Waals surface area contributed by atoms with Gasteiger partial charge in [0.15, 0.2) is 0 Å². The van der Waals surface area contributed by atoms with Crippen LogP contribution in [0.2, 0.25) is 5.15 Å². The topological polar surface area (TPSA) is 33.2 Å². The van der Waals surface area contributed by atoms with Crippen molar-refractivity contribution in [3.63, 3.8) is 0 Å². The highest BCUT2D eigenvalue weighted by molar-refractivity contribution is 6.29. The molecular formula is C10H13ClN2O. The van der Waals surface area contributed by atoms with Gasteiger partial charge in [0.2, 0.25) is 0 Å². The summed E-state index contributed by atoms with van der Waals surface area (Å²) < 4.78 is 0. The molecule has 0 fully saturated rings. The molecule has 0 saturated heterocycles. The number of carbonyl (C=O) groups excluding carboxylic acids is 1. The molecule has 4 heteroatoms. The standard InChI is InChI=1S/C10H13ClN2O/c1-4-8-5-7(6-9(11)12-8)10(14)13(2)3/h5-6H,4H2,1-3H3. The van der Waals surface area contributed by atoms with E-state index < -0.39 is 0 Å². The van der Waals surface area contributed by atoms with Crippen LogP contribution in [-0.4, -0.2) is 29.9 Å². The zero-order chi connectivity index (χ0) is 10.7. The van der Waals surface area contributed by atoms with E-state index in [1.165, 1.54) is 4.90 Å². The van der Waals surface area contributed by atoms with Gasteiger partial charge in [-0.25, -0.2) is 4.98 Å². The number of rotatable bonds is 2. The van der Waals surface area contributed by atoms with E-state index in [1.807, 2.05) is 6.92 Å². The SMILES string of the molecule is CCc1cc(C(=O)N(C)C)cc(Cl)n1. The van der Waals surface area contributed by atoms with Gasteiger partial charge in [0.1, 0.15) is 5.15 Å². The quantitative estimate of drug-likeness (QED) is 0.703. The summed E-state index contributed by atoms with van der Waals surface area (Å²) in [6, 6.07) is 3.36. The number of halogens is 1. The normalized spacial score (nSPS) is 10.0. The Bertz CT molecular complexity index is 350. The minimum atomic E-state index is -0.0519. The minimum absolute atomic E-state index is 0.0519. The molecule has 1 aromatic rings. The number of carbonyl (C=O) groups is 1. The van der Waals surface area contributed by atoms with Crippen LogP contribution in [-0.2, 0) is 6.42 Å². The van der Waals surface area contributed by atoms with Crippen LogP contribution < -0.4 is 0 Å². The second-order valence-electron chi connectivity index (χ2n) is 3.22. The molecule has 14 heavy (non-hydrogen) atoms. The van der Waals surface area contributed by atoms with E-state index in [9.17, 15) is 4.79 Å². The first-order chi connectivity index (χ1) is 6.54. The van der Waals surface area contributed by atoms with Gasteiger partial charge in [-0.3, -0.25) is 4.79 Å². The largest absolute Gasteiger partial charge is 0.345 e. The van der Waals surface area contributed by atoms with Crippen LogP contribution >= 0.6 is 11.6 Å².